The Morgan fingerprint density at radius 3 is 0.899 bits per heavy atom. The first-order valence-electron chi connectivity index (χ1n) is 31.3. The van der Waals surface area contributed by atoms with E-state index in [1.807, 2.05) is 0 Å². The fraction of sp³-hybridized carbons (Fsp3) is 0.937. The monoisotopic (exact) mass is 973 g/mol. The Morgan fingerprint density at radius 1 is 0.377 bits per heavy atom. The Kier molecular flexibility index (Phi) is 50.3. The van der Waals surface area contributed by atoms with Gasteiger partial charge in [-0.15, -0.1) is 0 Å². The predicted octanol–water partition coefficient (Wildman–Crippen LogP) is 19.5. The van der Waals surface area contributed by atoms with Crippen LogP contribution < -0.4 is 0 Å². The third-order valence-corrected chi connectivity index (χ3v) is 15.5. The summed E-state index contributed by atoms with van der Waals surface area (Å²) >= 11 is 0. The van der Waals surface area contributed by atoms with E-state index < -0.39 is 36.5 Å². The second kappa shape index (κ2) is 52.9. The van der Waals surface area contributed by atoms with Gasteiger partial charge in [0.15, 0.2) is 0 Å². The lowest BCUT2D eigenvalue weighted by molar-refractivity contribution is -0.155. The van der Waals surface area contributed by atoms with Crippen molar-refractivity contribution in [2.45, 2.75) is 341 Å². The lowest BCUT2D eigenvalue weighted by Gasteiger charge is -2.27. The molecule has 0 spiro atoms. The summed E-state index contributed by atoms with van der Waals surface area (Å²) in [5.74, 6) is -1.40. The summed E-state index contributed by atoms with van der Waals surface area (Å²) in [4.78, 5) is 24.7. The summed E-state index contributed by atoms with van der Waals surface area (Å²) in [7, 11) is 0. The van der Waals surface area contributed by atoms with E-state index in [-0.39, 0.29) is 19.6 Å². The molecule has 0 amide bonds. The maximum atomic E-state index is 12.5. The van der Waals surface area contributed by atoms with Gasteiger partial charge in [0.25, 0.3) is 0 Å². The standard InChI is InChI=1S/C63H120O6/c1-2-3-4-5-6-7-8-9-10-11-12-13-14-15-16-17-18-19-20-21-22-23-24-25-26-27-28-29-30-31-32-33-34-35-36-37-38-39-40-41-42-43-44-45-46-47-48-49-50-51-52-53-54-60-55-61(66)68-58-63(56-64,57-65)59-69-62(60)67/h37-38,60,64-65H,2-36,39-59H2,1H3/b38-37+. The molecule has 408 valence electrons. The number of carbonyl (C=O) groups is 2. The minimum atomic E-state index is -1.12. The van der Waals surface area contributed by atoms with Gasteiger partial charge in [0.2, 0.25) is 0 Å². The average Bonchev–Trinajstić information content (AvgIpc) is 3.41. The number of hydrogen-bond acceptors (Lipinski definition) is 6. The molecule has 6 nitrogen and oxygen atoms in total. The van der Waals surface area contributed by atoms with E-state index in [9.17, 15) is 19.8 Å². The van der Waals surface area contributed by atoms with Crippen LogP contribution in [0.5, 0.6) is 0 Å². The molecular weight excluding hydrogens is 853 g/mol. The van der Waals surface area contributed by atoms with Gasteiger partial charge in [0.1, 0.15) is 13.2 Å². The number of rotatable bonds is 54. The zero-order valence-corrected chi connectivity index (χ0v) is 46.4. The van der Waals surface area contributed by atoms with Crippen LogP contribution in [-0.4, -0.2) is 48.6 Å². The molecule has 1 unspecified atom stereocenters. The molecule has 1 fully saturated rings. The second-order valence-electron chi connectivity index (χ2n) is 22.4. The molecular formula is C63H120O6. The van der Waals surface area contributed by atoms with Gasteiger partial charge in [0, 0.05) is 0 Å². The number of cyclic esters (lactones) is 2. The summed E-state index contributed by atoms with van der Waals surface area (Å²) in [6.45, 7) is 1.21. The molecule has 1 aliphatic rings. The highest BCUT2D eigenvalue weighted by Gasteiger charge is 2.36. The highest BCUT2D eigenvalue weighted by atomic mass is 16.6. The van der Waals surface area contributed by atoms with Crippen molar-refractivity contribution in [2.24, 2.45) is 11.3 Å². The first kappa shape index (κ1) is 65.6. The number of unbranched alkanes of at least 4 members (excludes halogenated alkanes) is 48. The SMILES string of the molecule is CCCCCCCCCCCCCCCCCCCCCCCCCCCCCCCCCCCC/C=C/CCCCCCCCCCCCCCCCC1CC(=O)OCC(CO)(CO)COC1=O. The predicted molar refractivity (Wildman–Crippen MR) is 297 cm³/mol. The molecule has 0 aromatic heterocycles. The Morgan fingerprint density at radius 2 is 0.623 bits per heavy atom. The van der Waals surface area contributed by atoms with Crippen LogP contribution in [0.1, 0.15) is 341 Å². The van der Waals surface area contributed by atoms with Crippen LogP contribution >= 0.6 is 0 Å². The van der Waals surface area contributed by atoms with Crippen LogP contribution in [0.2, 0.25) is 0 Å². The molecule has 0 bridgehead atoms. The topological polar surface area (TPSA) is 93.1 Å². The summed E-state index contributed by atoms with van der Waals surface area (Å²) in [6, 6.07) is 0. The first-order valence-corrected chi connectivity index (χ1v) is 31.3. The fourth-order valence-electron chi connectivity index (χ4n) is 10.4. The third-order valence-electron chi connectivity index (χ3n) is 15.5. The van der Waals surface area contributed by atoms with Gasteiger partial charge in [-0.05, 0) is 32.1 Å². The van der Waals surface area contributed by atoms with Crippen LogP contribution in [0.4, 0.5) is 0 Å². The van der Waals surface area contributed by atoms with Gasteiger partial charge < -0.3 is 19.7 Å². The van der Waals surface area contributed by atoms with Gasteiger partial charge in [-0.3, -0.25) is 9.59 Å². The number of aliphatic hydroxyl groups is 2. The van der Waals surface area contributed by atoms with Crippen molar-refractivity contribution in [3.63, 3.8) is 0 Å². The first-order chi connectivity index (χ1) is 34.1. The molecule has 69 heavy (non-hydrogen) atoms. The van der Waals surface area contributed by atoms with Gasteiger partial charge in [-0.2, -0.15) is 0 Å². The van der Waals surface area contributed by atoms with Crippen LogP contribution in [0.15, 0.2) is 12.2 Å². The van der Waals surface area contributed by atoms with Crippen LogP contribution in [0.3, 0.4) is 0 Å². The van der Waals surface area contributed by atoms with Crippen molar-refractivity contribution in [2.75, 3.05) is 26.4 Å². The van der Waals surface area contributed by atoms with E-state index in [2.05, 4.69) is 19.1 Å². The smallest absolute Gasteiger partial charge is 0.309 e. The van der Waals surface area contributed by atoms with E-state index in [1.54, 1.807) is 0 Å². The van der Waals surface area contributed by atoms with E-state index in [0.717, 1.165) is 19.3 Å². The maximum Gasteiger partial charge on any atom is 0.309 e. The number of esters is 2. The maximum absolute atomic E-state index is 12.5. The lowest BCUT2D eigenvalue weighted by Crippen LogP contribution is -2.40. The van der Waals surface area contributed by atoms with Crippen molar-refractivity contribution in [1.29, 1.82) is 0 Å². The zero-order chi connectivity index (χ0) is 49.7. The van der Waals surface area contributed by atoms with Gasteiger partial charge in [-0.1, -0.05) is 314 Å². The van der Waals surface area contributed by atoms with E-state index in [1.165, 1.54) is 302 Å². The van der Waals surface area contributed by atoms with Gasteiger partial charge >= 0.3 is 11.9 Å². The van der Waals surface area contributed by atoms with Crippen LogP contribution in [-0.2, 0) is 19.1 Å². The molecule has 0 aliphatic carbocycles. The molecule has 0 saturated carbocycles. The molecule has 0 radical (unpaired) electrons. The fourth-order valence-corrected chi connectivity index (χ4v) is 10.4. The summed E-state index contributed by atoms with van der Waals surface area (Å²) < 4.78 is 10.6. The van der Waals surface area contributed by atoms with E-state index >= 15 is 0 Å². The molecule has 1 aliphatic heterocycles. The van der Waals surface area contributed by atoms with E-state index in [4.69, 9.17) is 9.47 Å². The van der Waals surface area contributed by atoms with Crippen LogP contribution in [0.25, 0.3) is 0 Å². The van der Waals surface area contributed by atoms with Crippen molar-refractivity contribution in [1.82, 2.24) is 0 Å². The number of hydrogen-bond donors (Lipinski definition) is 2. The quantitative estimate of drug-likeness (QED) is 0.0358. The largest absolute Gasteiger partial charge is 0.465 e. The number of allylic oxidation sites excluding steroid dienone is 2. The Labute approximate surface area is 430 Å². The molecule has 0 aromatic carbocycles. The zero-order valence-electron chi connectivity index (χ0n) is 46.4. The molecule has 1 atom stereocenters. The summed E-state index contributed by atoms with van der Waals surface area (Å²) in [6.07, 6.45) is 75.7. The van der Waals surface area contributed by atoms with Gasteiger partial charge in [0.05, 0.1) is 31.0 Å². The summed E-state index contributed by atoms with van der Waals surface area (Å²) in [5, 5.41) is 19.2. The Balaban J connectivity index is 1.69. The molecule has 6 heteroatoms. The molecule has 2 N–H and O–H groups in total. The van der Waals surface area contributed by atoms with Crippen molar-refractivity contribution in [3.05, 3.63) is 12.2 Å². The second-order valence-corrected chi connectivity index (χ2v) is 22.4. The Bertz CT molecular complexity index is 1090. The normalized spacial score (nSPS) is 15.4. The van der Waals surface area contributed by atoms with E-state index in [0.29, 0.717) is 6.42 Å². The minimum absolute atomic E-state index is 0.00293. The molecule has 1 heterocycles. The molecule has 1 saturated heterocycles. The highest BCUT2D eigenvalue weighted by Crippen LogP contribution is 2.25. The van der Waals surface area contributed by atoms with Crippen LogP contribution in [0, 0.1) is 11.3 Å². The van der Waals surface area contributed by atoms with Crippen molar-refractivity contribution in [3.8, 4) is 0 Å². The average molecular weight is 974 g/mol. The van der Waals surface area contributed by atoms with Gasteiger partial charge in [-0.25, -0.2) is 0 Å². The molecule has 1 rings (SSSR count). The van der Waals surface area contributed by atoms with Crippen molar-refractivity contribution >= 4 is 11.9 Å². The van der Waals surface area contributed by atoms with Crippen molar-refractivity contribution < 1.29 is 29.3 Å². The third kappa shape index (κ3) is 45.0. The lowest BCUT2D eigenvalue weighted by atomic mass is 9.92. The number of aliphatic hydroxyl groups excluding tert-OH is 2. The molecule has 0 aromatic rings. The number of carbonyl (C=O) groups excluding carboxylic acids is 2. The Hall–Kier alpha value is -1.40. The number of ether oxygens (including phenoxy) is 2. The summed E-state index contributed by atoms with van der Waals surface area (Å²) in [5.41, 5.74) is -1.12. The highest BCUT2D eigenvalue weighted by molar-refractivity contribution is 5.80. The minimum Gasteiger partial charge on any atom is -0.465 e.